The Kier molecular flexibility index (Phi) is 9.59. The van der Waals surface area contributed by atoms with Crippen LogP contribution in [-0.4, -0.2) is 57.6 Å². The number of rotatable bonds is 8. The molecule has 1 atom stereocenters. The molecule has 40 heavy (non-hydrogen) atoms. The summed E-state index contributed by atoms with van der Waals surface area (Å²) in [5.74, 6) is 0.635. The molecule has 0 amide bonds. The van der Waals surface area contributed by atoms with Gasteiger partial charge in [-0.05, 0) is 29.8 Å². The number of methoxy groups -OCH3 is 3. The Morgan fingerprint density at radius 3 is 2.00 bits per heavy atom. The van der Waals surface area contributed by atoms with Gasteiger partial charge in [0.2, 0.25) is 21.7 Å². The van der Waals surface area contributed by atoms with Gasteiger partial charge in [0.15, 0.2) is 0 Å². The molecule has 2 heterocycles. The molecule has 1 aliphatic heterocycles. The maximum Gasteiger partial charge on any atom is 0.320 e. The van der Waals surface area contributed by atoms with Crippen LogP contribution in [0.5, 0.6) is 0 Å². The minimum absolute atomic E-state index is 0.00462. The van der Waals surface area contributed by atoms with Crippen molar-refractivity contribution < 1.29 is 22.6 Å². The van der Waals surface area contributed by atoms with E-state index in [1.165, 1.54) is 58.0 Å². The molecule has 210 valence electrons. The highest BCUT2D eigenvalue weighted by Gasteiger charge is 2.61. The average molecular weight is 566 g/mol. The number of hydrogen-bond acceptors (Lipinski definition) is 11. The second kappa shape index (κ2) is 12.7. The van der Waals surface area contributed by atoms with E-state index in [2.05, 4.69) is 25.6 Å². The van der Waals surface area contributed by atoms with Gasteiger partial charge in [-0.2, -0.15) is 9.71 Å². The van der Waals surface area contributed by atoms with Crippen LogP contribution in [-0.2, 0) is 30.7 Å². The topological polar surface area (TPSA) is 190 Å². The van der Waals surface area contributed by atoms with Crippen molar-refractivity contribution in [2.75, 3.05) is 38.5 Å². The Balaban J connectivity index is 0.000000649. The number of anilines is 3. The highest BCUT2D eigenvalue weighted by Crippen LogP contribution is 2.41. The average Bonchev–Trinajstić information content (AvgIpc) is 2.96. The highest BCUT2D eigenvalue weighted by molar-refractivity contribution is 7.89. The summed E-state index contributed by atoms with van der Waals surface area (Å²) in [5.41, 5.74) is 16.4. The van der Waals surface area contributed by atoms with E-state index in [-0.39, 0.29) is 28.7 Å². The molecule has 0 spiro atoms. The number of hydrogen-bond donors (Lipinski definition) is 4. The summed E-state index contributed by atoms with van der Waals surface area (Å²) in [6.45, 7) is 0. The van der Waals surface area contributed by atoms with Crippen LogP contribution in [0.25, 0.3) is 0 Å². The number of nitrogens with two attached hydrogens (primary N) is 3. The minimum atomic E-state index is -4.25. The Morgan fingerprint density at radius 1 is 0.950 bits per heavy atom. The van der Waals surface area contributed by atoms with Gasteiger partial charge in [0.1, 0.15) is 5.82 Å². The van der Waals surface area contributed by atoms with Crippen LogP contribution < -0.4 is 21.9 Å². The molecule has 3 aromatic rings. The number of dihydropyridines is 1. The predicted molar refractivity (Wildman–Crippen MR) is 153 cm³/mol. The molecule has 13 heteroatoms. The summed E-state index contributed by atoms with van der Waals surface area (Å²) >= 11 is 0. The van der Waals surface area contributed by atoms with E-state index >= 15 is 0 Å². The zero-order valence-electron chi connectivity index (χ0n) is 22.2. The Hall–Kier alpha value is -4.32. The number of nitrogens with one attached hydrogen (secondary N) is 1. The fraction of sp³-hybridized carbons (Fsp3) is 0.222. The molecular formula is C27H31N7O5S. The van der Waals surface area contributed by atoms with E-state index < -0.39 is 21.7 Å². The first kappa shape index (κ1) is 30.2. The number of allylic oxidation sites excluding steroid dienone is 1. The maximum absolute atomic E-state index is 13.4. The minimum Gasteiger partial charge on any atom is -0.399 e. The van der Waals surface area contributed by atoms with Crippen molar-refractivity contribution in [3.8, 4) is 12.3 Å². The molecule has 4 rings (SSSR count). The number of nitrogen functional groups attached to an aromatic ring is 3. The first-order valence-electron chi connectivity index (χ1n) is 11.8. The Bertz CT molecular complexity index is 1490. The lowest BCUT2D eigenvalue weighted by molar-refractivity contribution is -0.294. The van der Waals surface area contributed by atoms with Crippen LogP contribution in [0.3, 0.4) is 0 Å². The van der Waals surface area contributed by atoms with Crippen molar-refractivity contribution in [3.05, 3.63) is 83.6 Å². The SMILES string of the molecule is C#CC1=C(Cc2cnc(N)nc2N)C=NC(OC)(OC)C1(NS(=O)(=O)c1ccc(N)cc1)OC.c1ccccc1. The quantitative estimate of drug-likeness (QED) is 0.178. The Morgan fingerprint density at radius 2 is 1.52 bits per heavy atom. The molecule has 0 saturated heterocycles. The molecule has 0 aliphatic carbocycles. The highest BCUT2D eigenvalue weighted by atomic mass is 32.2. The largest absolute Gasteiger partial charge is 0.399 e. The van der Waals surface area contributed by atoms with Gasteiger partial charge in [-0.1, -0.05) is 42.3 Å². The molecule has 0 bridgehead atoms. The van der Waals surface area contributed by atoms with E-state index in [1.807, 2.05) is 36.4 Å². The summed E-state index contributed by atoms with van der Waals surface area (Å²) in [5, 5.41) is 0. The normalized spacial score (nSPS) is 17.9. The number of ether oxygens (including phenoxy) is 3. The zero-order valence-corrected chi connectivity index (χ0v) is 23.1. The van der Waals surface area contributed by atoms with Crippen molar-refractivity contribution >= 4 is 33.7 Å². The Labute approximate surface area is 233 Å². The summed E-state index contributed by atoms with van der Waals surface area (Å²) < 4.78 is 46.0. The van der Waals surface area contributed by atoms with Gasteiger partial charge in [-0.25, -0.2) is 18.4 Å². The molecule has 0 fully saturated rings. The van der Waals surface area contributed by atoms with E-state index in [0.717, 1.165) is 0 Å². The van der Waals surface area contributed by atoms with Crippen LogP contribution >= 0.6 is 0 Å². The summed E-state index contributed by atoms with van der Waals surface area (Å²) in [6, 6.07) is 17.6. The second-order valence-corrected chi connectivity index (χ2v) is 10.0. The molecule has 1 aromatic heterocycles. The lowest BCUT2D eigenvalue weighted by Crippen LogP contribution is -2.68. The lowest BCUT2D eigenvalue weighted by atomic mass is 9.89. The van der Waals surface area contributed by atoms with Crippen LogP contribution in [0.4, 0.5) is 17.5 Å². The number of terminal acetylenes is 1. The van der Waals surface area contributed by atoms with Crippen LogP contribution in [0, 0.1) is 12.3 Å². The van der Waals surface area contributed by atoms with E-state index in [1.54, 1.807) is 0 Å². The van der Waals surface area contributed by atoms with Gasteiger partial charge in [-0.3, -0.25) is 0 Å². The van der Waals surface area contributed by atoms with Crippen LogP contribution in [0.15, 0.2) is 87.9 Å². The second-order valence-electron chi connectivity index (χ2n) is 8.32. The molecule has 7 N–H and O–H groups in total. The van der Waals surface area contributed by atoms with E-state index in [9.17, 15) is 8.42 Å². The predicted octanol–water partition coefficient (Wildman–Crippen LogP) is 1.73. The molecule has 0 radical (unpaired) electrons. The first-order chi connectivity index (χ1) is 19.1. The molecule has 2 aromatic carbocycles. The van der Waals surface area contributed by atoms with Gasteiger partial charge in [0.05, 0.1) is 10.5 Å². The summed E-state index contributed by atoms with van der Waals surface area (Å²) in [6.07, 6.45) is 8.80. The van der Waals surface area contributed by atoms with Crippen LogP contribution in [0.1, 0.15) is 5.56 Å². The fourth-order valence-corrected chi connectivity index (χ4v) is 5.26. The van der Waals surface area contributed by atoms with Gasteiger partial charge >= 0.3 is 5.91 Å². The van der Waals surface area contributed by atoms with Crippen LogP contribution in [0.2, 0.25) is 0 Å². The summed E-state index contributed by atoms with van der Waals surface area (Å²) in [7, 11) is -0.457. The zero-order chi connectivity index (χ0) is 29.4. The number of aliphatic imine (C=N–C) groups is 1. The third-order valence-corrected chi connectivity index (χ3v) is 7.39. The molecule has 12 nitrogen and oxygen atoms in total. The standard InChI is InChI=1S/C21H25N7O5S.C6H6/c1-5-17-13(10-14-11-25-19(24)27-18(14)23)12-26-21(32-3,33-4)20(17,31-2)28-34(29,30)16-8-6-15(22)7-9-16;1-2-4-6-5-3-1/h1,6-9,11-12,28H,10,22H2,2-4H3,(H4,23,24,25,27);1-6H. The van der Waals surface area contributed by atoms with Crippen molar-refractivity contribution in [1.29, 1.82) is 0 Å². The molecular weight excluding hydrogens is 534 g/mol. The smallest absolute Gasteiger partial charge is 0.320 e. The third kappa shape index (κ3) is 6.12. The first-order valence-corrected chi connectivity index (χ1v) is 13.2. The van der Waals surface area contributed by atoms with Crippen molar-refractivity contribution in [2.45, 2.75) is 23.0 Å². The van der Waals surface area contributed by atoms with Gasteiger partial charge < -0.3 is 31.4 Å². The van der Waals surface area contributed by atoms with Crippen molar-refractivity contribution in [3.63, 3.8) is 0 Å². The van der Waals surface area contributed by atoms with Gasteiger partial charge in [-0.15, -0.1) is 6.42 Å². The van der Waals surface area contributed by atoms with Gasteiger partial charge in [0, 0.05) is 51.4 Å². The number of aromatic nitrogens is 2. The fourth-order valence-electron chi connectivity index (χ4n) is 3.95. The maximum atomic E-state index is 13.4. The van der Waals surface area contributed by atoms with Crippen molar-refractivity contribution in [2.24, 2.45) is 4.99 Å². The lowest BCUT2D eigenvalue weighted by Gasteiger charge is -2.46. The molecule has 1 aliphatic rings. The van der Waals surface area contributed by atoms with E-state index in [0.29, 0.717) is 16.8 Å². The van der Waals surface area contributed by atoms with E-state index in [4.69, 9.17) is 37.8 Å². The van der Waals surface area contributed by atoms with Crippen molar-refractivity contribution in [1.82, 2.24) is 14.7 Å². The monoisotopic (exact) mass is 565 g/mol. The number of nitrogens with zero attached hydrogens (tertiary/aromatic N) is 3. The third-order valence-electron chi connectivity index (χ3n) is 5.95. The number of sulfonamides is 1. The van der Waals surface area contributed by atoms with Gasteiger partial charge in [0.25, 0.3) is 0 Å². The molecule has 1 unspecified atom stereocenters. The number of benzene rings is 2. The molecule has 0 saturated carbocycles. The summed E-state index contributed by atoms with van der Waals surface area (Å²) in [4.78, 5) is 12.1.